The van der Waals surface area contributed by atoms with Crippen molar-refractivity contribution in [3.05, 3.63) is 77.4 Å². The van der Waals surface area contributed by atoms with Gasteiger partial charge in [0.25, 0.3) is 0 Å². The molecule has 2 saturated heterocycles. The number of hydrogen-bond donors (Lipinski definition) is 1. The molecule has 8 nitrogen and oxygen atoms in total. The van der Waals surface area contributed by atoms with Gasteiger partial charge in [-0.15, -0.1) is 0 Å². The molecule has 3 aliphatic heterocycles. The number of carbonyl (C=O) groups is 2. The molecule has 1 aromatic heterocycles. The molecule has 2 fully saturated rings. The zero-order valence-electron chi connectivity index (χ0n) is 27.7. The van der Waals surface area contributed by atoms with E-state index in [1.54, 1.807) is 4.90 Å². The molecular formula is C36H45F3N6O2. The highest BCUT2D eigenvalue weighted by Gasteiger charge is 2.42. The highest BCUT2D eigenvalue weighted by Crippen LogP contribution is 2.42. The Kier molecular flexibility index (Phi) is 9.13. The third kappa shape index (κ3) is 7.05. The van der Waals surface area contributed by atoms with Crippen LogP contribution in [-0.2, 0) is 23.9 Å². The Bertz CT molecular complexity index is 1570. The van der Waals surface area contributed by atoms with E-state index in [0.717, 1.165) is 81.0 Å². The second-order valence-corrected chi connectivity index (χ2v) is 14.2. The molecule has 0 radical (unpaired) electrons. The van der Waals surface area contributed by atoms with Crippen LogP contribution in [0.15, 0.2) is 54.6 Å². The lowest BCUT2D eigenvalue weighted by Crippen LogP contribution is -2.46. The summed E-state index contributed by atoms with van der Waals surface area (Å²) in [4.78, 5) is 37.5. The first kappa shape index (κ1) is 33.1. The van der Waals surface area contributed by atoms with Crippen molar-refractivity contribution >= 4 is 23.3 Å². The number of nitrogens with one attached hydrogen (secondary N) is 1. The van der Waals surface area contributed by atoms with Crippen molar-refractivity contribution in [2.45, 2.75) is 97.1 Å². The van der Waals surface area contributed by atoms with E-state index >= 15 is 0 Å². The molecule has 3 amide bonds. The zero-order chi connectivity index (χ0) is 33.5. The van der Waals surface area contributed by atoms with E-state index in [1.165, 1.54) is 17.8 Å². The number of nitrogens with zero attached hydrogens (tertiary/aromatic N) is 5. The van der Waals surface area contributed by atoms with Crippen molar-refractivity contribution in [2.24, 2.45) is 5.41 Å². The van der Waals surface area contributed by atoms with E-state index in [4.69, 9.17) is 4.98 Å². The van der Waals surface area contributed by atoms with Crippen LogP contribution in [0.4, 0.5) is 29.3 Å². The molecule has 1 unspecified atom stereocenters. The second-order valence-electron chi connectivity index (χ2n) is 14.2. The van der Waals surface area contributed by atoms with Gasteiger partial charge in [0.05, 0.1) is 17.8 Å². The van der Waals surface area contributed by atoms with Crippen LogP contribution in [0.25, 0.3) is 0 Å². The summed E-state index contributed by atoms with van der Waals surface area (Å²) in [6, 6.07) is 14.8. The van der Waals surface area contributed by atoms with Crippen LogP contribution in [-0.4, -0.2) is 63.0 Å². The molecule has 3 aromatic rings. The molecule has 3 aliphatic rings. The molecule has 0 spiro atoms. The van der Waals surface area contributed by atoms with Crippen molar-refractivity contribution in [3.63, 3.8) is 0 Å². The van der Waals surface area contributed by atoms with Gasteiger partial charge in [-0.2, -0.15) is 13.2 Å². The number of imidazole rings is 1. The minimum atomic E-state index is -4.43. The average Bonchev–Trinajstić information content (AvgIpc) is 3.47. The minimum Gasteiger partial charge on any atom is -0.336 e. The largest absolute Gasteiger partial charge is 0.416 e. The van der Waals surface area contributed by atoms with Crippen LogP contribution in [0.2, 0.25) is 0 Å². The van der Waals surface area contributed by atoms with Gasteiger partial charge in [0.2, 0.25) is 5.91 Å². The molecule has 3 atom stereocenters. The summed E-state index contributed by atoms with van der Waals surface area (Å²) < 4.78 is 41.5. The monoisotopic (exact) mass is 650 g/mol. The first-order valence-electron chi connectivity index (χ1n) is 16.7. The molecule has 252 valence electrons. The van der Waals surface area contributed by atoms with E-state index in [2.05, 4.69) is 21.7 Å². The Morgan fingerprint density at radius 1 is 0.957 bits per heavy atom. The van der Waals surface area contributed by atoms with Gasteiger partial charge in [0, 0.05) is 66.7 Å². The van der Waals surface area contributed by atoms with E-state index in [1.807, 2.05) is 56.0 Å². The number of benzene rings is 2. The fourth-order valence-electron chi connectivity index (χ4n) is 7.79. The molecule has 6 rings (SSSR count). The fourth-order valence-corrected chi connectivity index (χ4v) is 7.79. The number of amides is 3. The van der Waals surface area contributed by atoms with Gasteiger partial charge in [0.15, 0.2) is 0 Å². The maximum absolute atomic E-state index is 13.4. The van der Waals surface area contributed by atoms with Crippen molar-refractivity contribution in [2.75, 3.05) is 29.9 Å². The van der Waals surface area contributed by atoms with E-state index in [9.17, 15) is 22.8 Å². The number of piperidine rings is 1. The normalized spacial score (nSPS) is 21.4. The number of alkyl halides is 3. The fraction of sp³-hybridized carbons (Fsp3) is 0.528. The number of aromatic nitrogens is 2. The van der Waals surface area contributed by atoms with Gasteiger partial charge in [-0.1, -0.05) is 39.0 Å². The topological polar surface area (TPSA) is 73.7 Å². The Morgan fingerprint density at radius 2 is 1.62 bits per heavy atom. The number of hydrogen-bond acceptors (Lipinski definition) is 4. The average molecular weight is 651 g/mol. The molecular weight excluding hydrogens is 605 g/mol. The van der Waals surface area contributed by atoms with Gasteiger partial charge >= 0.3 is 12.2 Å². The maximum atomic E-state index is 13.4. The number of fused-ring (bicyclic) bond motifs is 3. The number of urea groups is 1. The van der Waals surface area contributed by atoms with Crippen LogP contribution < -0.4 is 10.2 Å². The first-order chi connectivity index (χ1) is 22.3. The van der Waals surface area contributed by atoms with Crippen LogP contribution in [0.3, 0.4) is 0 Å². The first-order valence-corrected chi connectivity index (χ1v) is 16.7. The van der Waals surface area contributed by atoms with Crippen molar-refractivity contribution in [1.82, 2.24) is 19.4 Å². The van der Waals surface area contributed by atoms with Crippen LogP contribution in [0, 0.1) is 12.3 Å². The van der Waals surface area contributed by atoms with Crippen molar-refractivity contribution in [1.29, 1.82) is 0 Å². The Morgan fingerprint density at radius 3 is 2.23 bits per heavy atom. The standard InChI is InChI=1S/C36H45F3N6O2/c1-24-40-31-23-42(33(46)35(2,3)4)20-17-32(31)45(24)30-21-28-15-16-29(22-30)43(28)18-8-19-44(27-9-6-5-7-10-27)34(47)41-26-13-11-25(12-14-26)36(37,38)39/h5-7,9-14,28-30H,8,15-23H2,1-4H3,(H,41,47)/t28-,29+,30?. The third-order valence-corrected chi connectivity index (χ3v) is 9.96. The van der Waals surface area contributed by atoms with Gasteiger partial charge in [-0.25, -0.2) is 9.78 Å². The number of aryl methyl sites for hydroxylation is 1. The van der Waals surface area contributed by atoms with Crippen molar-refractivity contribution in [3.8, 4) is 0 Å². The molecule has 0 aliphatic carbocycles. The lowest BCUT2D eigenvalue weighted by molar-refractivity contribution is -0.140. The summed E-state index contributed by atoms with van der Waals surface area (Å²) in [5.41, 5.74) is 2.22. The molecule has 4 heterocycles. The number of para-hydroxylation sites is 1. The summed E-state index contributed by atoms with van der Waals surface area (Å²) in [5, 5.41) is 2.78. The van der Waals surface area contributed by atoms with Gasteiger partial charge < -0.3 is 14.8 Å². The predicted molar refractivity (Wildman–Crippen MR) is 176 cm³/mol. The lowest BCUT2D eigenvalue weighted by atomic mass is 9.93. The quantitative estimate of drug-likeness (QED) is 0.289. The van der Waals surface area contributed by atoms with Crippen LogP contribution in [0.1, 0.15) is 81.7 Å². The molecule has 11 heteroatoms. The Hall–Kier alpha value is -3.86. The van der Waals surface area contributed by atoms with Gasteiger partial charge in [-0.05, 0) is 75.4 Å². The smallest absolute Gasteiger partial charge is 0.336 e. The van der Waals surface area contributed by atoms with Gasteiger partial charge in [-0.3, -0.25) is 14.6 Å². The molecule has 1 N–H and O–H groups in total. The Balaban J connectivity index is 1.08. The number of carbonyl (C=O) groups excluding carboxylic acids is 2. The number of rotatable bonds is 7. The highest BCUT2D eigenvalue weighted by atomic mass is 19.4. The minimum absolute atomic E-state index is 0.171. The summed E-state index contributed by atoms with van der Waals surface area (Å²) >= 11 is 0. The van der Waals surface area contributed by atoms with E-state index in [0.29, 0.717) is 36.9 Å². The number of anilines is 2. The molecule has 0 saturated carbocycles. The van der Waals surface area contributed by atoms with Crippen molar-refractivity contribution < 1.29 is 22.8 Å². The van der Waals surface area contributed by atoms with E-state index in [-0.39, 0.29) is 11.9 Å². The summed E-state index contributed by atoms with van der Waals surface area (Å²) in [6.45, 7) is 10.6. The number of halogens is 3. The SMILES string of the molecule is Cc1nc2c(n1C1C[C@H]3CC[C@@H](C1)N3CCCN(C(=O)Nc1ccc(C(F)(F)F)cc1)c1ccccc1)CCN(C(=O)C(C)(C)C)C2. The molecule has 47 heavy (non-hydrogen) atoms. The second kappa shape index (κ2) is 13.0. The predicted octanol–water partition coefficient (Wildman–Crippen LogP) is 7.44. The Labute approximate surface area is 274 Å². The summed E-state index contributed by atoms with van der Waals surface area (Å²) in [5.74, 6) is 1.21. The third-order valence-electron chi connectivity index (χ3n) is 9.96. The lowest BCUT2D eigenvalue weighted by Gasteiger charge is -2.41. The van der Waals surface area contributed by atoms with Crippen LogP contribution in [0.5, 0.6) is 0 Å². The molecule has 2 bridgehead atoms. The van der Waals surface area contributed by atoms with E-state index < -0.39 is 17.2 Å². The van der Waals surface area contributed by atoms with Crippen LogP contribution >= 0.6 is 0 Å². The van der Waals surface area contributed by atoms with Gasteiger partial charge in [0.1, 0.15) is 5.82 Å². The summed E-state index contributed by atoms with van der Waals surface area (Å²) in [6.07, 6.45) is 1.59. The highest BCUT2D eigenvalue weighted by molar-refractivity contribution is 6.01. The summed E-state index contributed by atoms with van der Waals surface area (Å²) in [7, 11) is 0. The molecule has 2 aromatic carbocycles. The zero-order valence-corrected chi connectivity index (χ0v) is 27.7. The maximum Gasteiger partial charge on any atom is 0.416 e.